The zero-order valence-corrected chi connectivity index (χ0v) is 17.4. The second kappa shape index (κ2) is 9.08. The summed E-state index contributed by atoms with van der Waals surface area (Å²) in [4.78, 5) is 33.2. The van der Waals surface area contributed by atoms with E-state index in [-0.39, 0.29) is 22.9 Å². The van der Waals surface area contributed by atoms with E-state index in [0.29, 0.717) is 17.1 Å². The van der Waals surface area contributed by atoms with Crippen LogP contribution in [0.1, 0.15) is 15.9 Å². The number of aryl methyl sites for hydroxylation is 1. The van der Waals surface area contributed by atoms with Crippen molar-refractivity contribution in [3.63, 3.8) is 0 Å². The molecule has 10 nitrogen and oxygen atoms in total. The van der Waals surface area contributed by atoms with Gasteiger partial charge in [0.25, 0.3) is 0 Å². The molecular formula is C21H21N5O5. The minimum absolute atomic E-state index is 0.00507. The summed E-state index contributed by atoms with van der Waals surface area (Å²) >= 11 is 0. The maximum atomic E-state index is 12.2. The first-order chi connectivity index (χ1) is 14.9. The van der Waals surface area contributed by atoms with Crippen LogP contribution in [0.3, 0.4) is 0 Å². The van der Waals surface area contributed by atoms with Crippen LogP contribution in [-0.2, 0) is 4.74 Å². The van der Waals surface area contributed by atoms with E-state index in [0.717, 1.165) is 5.56 Å². The molecule has 3 aromatic rings. The van der Waals surface area contributed by atoms with E-state index in [1.165, 1.54) is 25.4 Å². The summed E-state index contributed by atoms with van der Waals surface area (Å²) < 4.78 is 10.2. The van der Waals surface area contributed by atoms with Gasteiger partial charge in [-0.05, 0) is 36.8 Å². The summed E-state index contributed by atoms with van der Waals surface area (Å²) in [6, 6.07) is 12.0. The number of esters is 1. The monoisotopic (exact) mass is 423 g/mol. The molecule has 2 aromatic carbocycles. The summed E-state index contributed by atoms with van der Waals surface area (Å²) in [5, 5.41) is 15.0. The average Bonchev–Trinajstić information content (AvgIpc) is 2.78. The second-order valence-corrected chi connectivity index (χ2v) is 6.55. The largest absolute Gasteiger partial charge is 0.495 e. The molecule has 0 fully saturated rings. The van der Waals surface area contributed by atoms with Crippen LogP contribution in [0, 0.1) is 17.0 Å². The van der Waals surface area contributed by atoms with E-state index in [2.05, 4.69) is 15.3 Å². The number of methoxy groups -OCH3 is 2. The van der Waals surface area contributed by atoms with Gasteiger partial charge in [0.1, 0.15) is 12.1 Å². The Balaban J connectivity index is 2.11. The number of aromatic nitrogens is 2. The van der Waals surface area contributed by atoms with Crippen LogP contribution in [0.5, 0.6) is 5.75 Å². The van der Waals surface area contributed by atoms with Crippen LogP contribution in [0.15, 0.2) is 48.8 Å². The van der Waals surface area contributed by atoms with Gasteiger partial charge in [0.05, 0.1) is 36.1 Å². The number of ether oxygens (including phenoxy) is 2. The number of benzene rings is 2. The zero-order valence-electron chi connectivity index (χ0n) is 17.4. The maximum absolute atomic E-state index is 12.2. The van der Waals surface area contributed by atoms with Gasteiger partial charge in [-0.3, -0.25) is 10.1 Å². The molecule has 0 aliphatic rings. The molecule has 3 rings (SSSR count). The van der Waals surface area contributed by atoms with Crippen molar-refractivity contribution in [3.05, 3.63) is 70.0 Å². The van der Waals surface area contributed by atoms with Crippen molar-refractivity contribution in [2.24, 2.45) is 0 Å². The number of nitrogens with zero attached hydrogens (tertiary/aromatic N) is 4. The van der Waals surface area contributed by atoms with Gasteiger partial charge in [0.2, 0.25) is 11.6 Å². The molecule has 0 saturated carbocycles. The molecule has 0 atom stereocenters. The molecule has 1 N–H and O–H groups in total. The first-order valence-corrected chi connectivity index (χ1v) is 9.19. The highest BCUT2D eigenvalue weighted by molar-refractivity contribution is 5.97. The number of carbonyl (C=O) groups is 1. The van der Waals surface area contributed by atoms with Crippen LogP contribution in [-0.4, -0.2) is 42.1 Å². The molecule has 0 saturated heterocycles. The Morgan fingerprint density at radius 1 is 1.16 bits per heavy atom. The van der Waals surface area contributed by atoms with Gasteiger partial charge in [0.15, 0.2) is 0 Å². The first-order valence-electron chi connectivity index (χ1n) is 9.19. The average molecular weight is 423 g/mol. The molecular weight excluding hydrogens is 402 g/mol. The van der Waals surface area contributed by atoms with E-state index in [9.17, 15) is 14.9 Å². The predicted octanol–water partition coefficient (Wildman–Crippen LogP) is 4.00. The second-order valence-electron chi connectivity index (χ2n) is 6.55. The van der Waals surface area contributed by atoms with Crippen molar-refractivity contribution in [1.29, 1.82) is 0 Å². The minimum Gasteiger partial charge on any atom is -0.495 e. The number of para-hydroxylation sites is 1. The summed E-state index contributed by atoms with van der Waals surface area (Å²) in [6.45, 7) is 1.89. The third-order valence-electron chi connectivity index (χ3n) is 4.58. The fourth-order valence-electron chi connectivity index (χ4n) is 3.08. The standard InChI is InChI=1S/C21H21N5O5/c1-13-9-10-17(30-3)15(11-13)24-19-18(26(28)29)20(23-12-22-19)25(2)16-8-6-5-7-14(16)21(27)31-4/h5-12H,1-4H3,(H,22,23,24). The number of anilines is 4. The van der Waals surface area contributed by atoms with Gasteiger partial charge >= 0.3 is 11.7 Å². The van der Waals surface area contributed by atoms with Crippen molar-refractivity contribution in [2.45, 2.75) is 6.92 Å². The lowest BCUT2D eigenvalue weighted by atomic mass is 10.1. The highest BCUT2D eigenvalue weighted by Gasteiger charge is 2.28. The molecule has 1 heterocycles. The van der Waals surface area contributed by atoms with E-state index in [4.69, 9.17) is 9.47 Å². The molecule has 1 aromatic heterocycles. The Morgan fingerprint density at radius 3 is 2.58 bits per heavy atom. The van der Waals surface area contributed by atoms with Crippen LogP contribution >= 0.6 is 0 Å². The summed E-state index contributed by atoms with van der Waals surface area (Å²) in [5.41, 5.74) is 1.75. The normalized spacial score (nSPS) is 10.3. The molecule has 0 radical (unpaired) electrons. The van der Waals surface area contributed by atoms with Crippen LogP contribution in [0.4, 0.5) is 28.7 Å². The van der Waals surface area contributed by atoms with Gasteiger partial charge in [-0.15, -0.1) is 0 Å². The third kappa shape index (κ3) is 4.37. The lowest BCUT2D eigenvalue weighted by Gasteiger charge is -2.21. The lowest BCUT2D eigenvalue weighted by molar-refractivity contribution is -0.383. The summed E-state index contributed by atoms with van der Waals surface area (Å²) in [7, 11) is 4.35. The maximum Gasteiger partial charge on any atom is 0.354 e. The lowest BCUT2D eigenvalue weighted by Crippen LogP contribution is -2.18. The van der Waals surface area contributed by atoms with Crippen LogP contribution in [0.2, 0.25) is 0 Å². The Labute approximate surface area is 178 Å². The number of nitrogens with one attached hydrogen (secondary N) is 1. The molecule has 0 unspecified atom stereocenters. The fourth-order valence-corrected chi connectivity index (χ4v) is 3.08. The van der Waals surface area contributed by atoms with Crippen LogP contribution in [0.25, 0.3) is 0 Å². The highest BCUT2D eigenvalue weighted by Crippen LogP contribution is 2.38. The third-order valence-corrected chi connectivity index (χ3v) is 4.58. The SMILES string of the molecule is COC(=O)c1ccccc1N(C)c1ncnc(Nc2cc(C)ccc2OC)c1[N+](=O)[O-]. The molecule has 0 amide bonds. The first kappa shape index (κ1) is 21.5. The number of hydrogen-bond donors (Lipinski definition) is 1. The predicted molar refractivity (Wildman–Crippen MR) is 116 cm³/mol. The fraction of sp³-hybridized carbons (Fsp3) is 0.190. The van der Waals surface area contributed by atoms with Gasteiger partial charge < -0.3 is 19.7 Å². The van der Waals surface area contributed by atoms with E-state index < -0.39 is 10.9 Å². The molecule has 10 heteroatoms. The Kier molecular flexibility index (Phi) is 6.29. The van der Waals surface area contributed by atoms with Crippen molar-refractivity contribution >= 4 is 34.7 Å². The summed E-state index contributed by atoms with van der Waals surface area (Å²) in [6.07, 6.45) is 1.21. The van der Waals surface area contributed by atoms with Gasteiger partial charge in [-0.25, -0.2) is 14.8 Å². The van der Waals surface area contributed by atoms with Crippen molar-refractivity contribution in [3.8, 4) is 5.75 Å². The number of carbonyl (C=O) groups excluding carboxylic acids is 1. The minimum atomic E-state index is -0.572. The number of hydrogen-bond acceptors (Lipinski definition) is 9. The van der Waals surface area contributed by atoms with Gasteiger partial charge in [-0.2, -0.15) is 0 Å². The quantitative estimate of drug-likeness (QED) is 0.341. The van der Waals surface area contributed by atoms with E-state index >= 15 is 0 Å². The Hall–Kier alpha value is -4.21. The van der Waals surface area contributed by atoms with E-state index in [1.54, 1.807) is 43.4 Å². The van der Waals surface area contributed by atoms with Crippen molar-refractivity contribution in [1.82, 2.24) is 9.97 Å². The molecule has 160 valence electrons. The smallest absolute Gasteiger partial charge is 0.354 e. The molecule has 0 aliphatic heterocycles. The molecule has 0 spiro atoms. The van der Waals surface area contributed by atoms with Gasteiger partial charge in [-0.1, -0.05) is 18.2 Å². The molecule has 0 aliphatic carbocycles. The number of rotatable bonds is 7. The van der Waals surface area contributed by atoms with Gasteiger partial charge in [0, 0.05) is 7.05 Å². The Morgan fingerprint density at radius 2 is 1.90 bits per heavy atom. The number of nitro groups is 1. The molecule has 0 bridgehead atoms. The molecule has 31 heavy (non-hydrogen) atoms. The topological polar surface area (TPSA) is 120 Å². The summed E-state index contributed by atoms with van der Waals surface area (Å²) in [5.74, 6) is -0.0711. The van der Waals surface area contributed by atoms with Crippen molar-refractivity contribution < 1.29 is 19.2 Å². The van der Waals surface area contributed by atoms with Crippen molar-refractivity contribution in [2.75, 3.05) is 31.5 Å². The Bertz CT molecular complexity index is 1130. The van der Waals surface area contributed by atoms with Crippen LogP contribution < -0.4 is 15.0 Å². The van der Waals surface area contributed by atoms with E-state index in [1.807, 2.05) is 13.0 Å². The zero-order chi connectivity index (χ0) is 22.5. The highest BCUT2D eigenvalue weighted by atomic mass is 16.6.